The predicted molar refractivity (Wildman–Crippen MR) is 115 cm³/mol. The van der Waals surface area contributed by atoms with Crippen LogP contribution in [0.15, 0.2) is 64.2 Å². The molecular formula is C21H20BrN3O3. The first-order valence-corrected chi connectivity index (χ1v) is 9.42. The fourth-order valence-electron chi connectivity index (χ4n) is 2.74. The van der Waals surface area contributed by atoms with Crippen molar-refractivity contribution >= 4 is 44.5 Å². The van der Waals surface area contributed by atoms with Crippen LogP contribution in [-0.2, 0) is 4.79 Å². The van der Waals surface area contributed by atoms with Gasteiger partial charge < -0.3 is 15.2 Å². The highest BCUT2D eigenvalue weighted by molar-refractivity contribution is 9.10. The van der Waals surface area contributed by atoms with E-state index in [1.54, 1.807) is 19.1 Å². The number of hydrogen-bond acceptors (Lipinski definition) is 5. The fourth-order valence-corrected chi connectivity index (χ4v) is 3.20. The van der Waals surface area contributed by atoms with E-state index in [2.05, 4.69) is 31.8 Å². The van der Waals surface area contributed by atoms with Gasteiger partial charge in [-0.25, -0.2) is 5.43 Å². The average molecular weight is 442 g/mol. The molecule has 1 atom stereocenters. The Kier molecular flexibility index (Phi) is 6.16. The average Bonchev–Trinajstić information content (AvgIpc) is 2.70. The molecule has 0 saturated heterocycles. The van der Waals surface area contributed by atoms with Gasteiger partial charge in [-0.1, -0.05) is 36.4 Å². The van der Waals surface area contributed by atoms with Gasteiger partial charge in [0.05, 0.1) is 17.8 Å². The van der Waals surface area contributed by atoms with E-state index < -0.39 is 6.04 Å². The van der Waals surface area contributed by atoms with Gasteiger partial charge in [0, 0.05) is 11.1 Å². The Labute approximate surface area is 171 Å². The van der Waals surface area contributed by atoms with Crippen molar-refractivity contribution < 1.29 is 14.6 Å². The number of carbonyl (C=O) groups is 1. The number of methoxy groups -OCH3 is 1. The number of anilines is 1. The summed E-state index contributed by atoms with van der Waals surface area (Å²) in [5.74, 6) is 0.0544. The highest BCUT2D eigenvalue weighted by Crippen LogP contribution is 2.34. The molecule has 28 heavy (non-hydrogen) atoms. The zero-order valence-corrected chi connectivity index (χ0v) is 17.0. The minimum Gasteiger partial charge on any atom is -0.503 e. The summed E-state index contributed by atoms with van der Waals surface area (Å²) >= 11 is 3.25. The maximum atomic E-state index is 12.4. The highest BCUT2D eigenvalue weighted by atomic mass is 79.9. The number of ether oxygens (including phenoxy) is 1. The number of nitrogens with zero attached hydrogens (tertiary/aromatic N) is 1. The Hall–Kier alpha value is -3.06. The van der Waals surface area contributed by atoms with Crippen LogP contribution in [-0.4, -0.2) is 30.4 Å². The quantitative estimate of drug-likeness (QED) is 0.394. The number of phenols is 1. The van der Waals surface area contributed by atoms with Crippen LogP contribution in [0.25, 0.3) is 10.8 Å². The van der Waals surface area contributed by atoms with Crippen LogP contribution in [0.5, 0.6) is 11.5 Å². The molecule has 0 aliphatic heterocycles. The minimum absolute atomic E-state index is 0.0107. The van der Waals surface area contributed by atoms with Gasteiger partial charge in [0.1, 0.15) is 6.04 Å². The van der Waals surface area contributed by atoms with Gasteiger partial charge in [-0.15, -0.1) is 0 Å². The number of halogens is 1. The van der Waals surface area contributed by atoms with Crippen molar-refractivity contribution in [3.63, 3.8) is 0 Å². The molecular weight excluding hydrogens is 422 g/mol. The van der Waals surface area contributed by atoms with Gasteiger partial charge in [0.15, 0.2) is 11.5 Å². The maximum absolute atomic E-state index is 12.4. The Morgan fingerprint density at radius 2 is 1.96 bits per heavy atom. The normalized spacial score (nSPS) is 12.1. The molecule has 0 aromatic heterocycles. The number of nitrogens with one attached hydrogen (secondary N) is 2. The summed E-state index contributed by atoms with van der Waals surface area (Å²) < 4.78 is 5.57. The number of hydrogen-bond donors (Lipinski definition) is 3. The number of phenolic OH excluding ortho intramolecular Hbond substituents is 1. The first kappa shape index (κ1) is 19.7. The van der Waals surface area contributed by atoms with E-state index in [9.17, 15) is 9.90 Å². The van der Waals surface area contributed by atoms with E-state index in [0.29, 0.717) is 15.8 Å². The van der Waals surface area contributed by atoms with Crippen LogP contribution in [0.3, 0.4) is 0 Å². The lowest BCUT2D eigenvalue weighted by Gasteiger charge is -2.15. The van der Waals surface area contributed by atoms with Crippen LogP contribution in [0, 0.1) is 0 Å². The molecule has 1 unspecified atom stereocenters. The van der Waals surface area contributed by atoms with Crippen LogP contribution in [0.2, 0.25) is 0 Å². The molecule has 3 aromatic rings. The predicted octanol–water partition coefficient (Wildman–Crippen LogP) is 4.27. The monoisotopic (exact) mass is 441 g/mol. The summed E-state index contributed by atoms with van der Waals surface area (Å²) in [7, 11) is 1.46. The third kappa shape index (κ3) is 4.43. The Morgan fingerprint density at radius 3 is 2.75 bits per heavy atom. The Balaban J connectivity index is 1.66. The summed E-state index contributed by atoms with van der Waals surface area (Å²) in [5.41, 5.74) is 4.07. The molecule has 0 spiro atoms. The maximum Gasteiger partial charge on any atom is 0.262 e. The second-order valence-corrected chi connectivity index (χ2v) is 7.03. The number of carbonyl (C=O) groups excluding carboxylic acids is 1. The van der Waals surface area contributed by atoms with Crippen molar-refractivity contribution in [3.05, 3.63) is 64.6 Å². The third-order valence-corrected chi connectivity index (χ3v) is 4.82. The van der Waals surface area contributed by atoms with Gasteiger partial charge in [0.25, 0.3) is 5.91 Å². The topological polar surface area (TPSA) is 83.0 Å². The van der Waals surface area contributed by atoms with E-state index in [-0.39, 0.29) is 11.7 Å². The smallest absolute Gasteiger partial charge is 0.262 e. The number of hydrazone groups is 1. The van der Waals surface area contributed by atoms with Crippen molar-refractivity contribution in [2.24, 2.45) is 5.10 Å². The number of aromatic hydroxyl groups is 1. The minimum atomic E-state index is -0.482. The molecule has 3 rings (SSSR count). The second-order valence-electron chi connectivity index (χ2n) is 6.18. The molecule has 0 fully saturated rings. The molecule has 0 aliphatic rings. The first-order valence-electron chi connectivity index (χ1n) is 8.63. The fraction of sp³-hybridized carbons (Fsp3) is 0.143. The van der Waals surface area contributed by atoms with Crippen LogP contribution >= 0.6 is 15.9 Å². The van der Waals surface area contributed by atoms with Crippen LogP contribution in [0.1, 0.15) is 12.5 Å². The van der Waals surface area contributed by atoms with Crippen molar-refractivity contribution in [3.8, 4) is 11.5 Å². The zero-order valence-electron chi connectivity index (χ0n) is 15.4. The molecule has 0 heterocycles. The molecule has 3 N–H and O–H groups in total. The van der Waals surface area contributed by atoms with E-state index in [1.165, 1.54) is 13.3 Å². The van der Waals surface area contributed by atoms with Crippen molar-refractivity contribution in [2.75, 3.05) is 12.4 Å². The van der Waals surface area contributed by atoms with Gasteiger partial charge in [-0.05, 0) is 52.0 Å². The van der Waals surface area contributed by atoms with Gasteiger partial charge in [-0.3, -0.25) is 4.79 Å². The molecule has 0 radical (unpaired) electrons. The standard InChI is InChI=1S/C21H20BrN3O3/c1-13(24-18-9-5-7-15-6-3-4-8-16(15)18)21(27)25-23-12-14-10-17(22)20(26)19(11-14)28-2/h3-13,24,26H,1-2H3,(H,25,27)/b23-12+. The van der Waals surface area contributed by atoms with Crippen molar-refractivity contribution in [1.82, 2.24) is 5.43 Å². The van der Waals surface area contributed by atoms with Gasteiger partial charge in [0.2, 0.25) is 0 Å². The number of fused-ring (bicyclic) bond motifs is 1. The SMILES string of the molecule is COc1cc(/C=N/NC(=O)C(C)Nc2cccc3ccccc23)cc(Br)c1O. The second kappa shape index (κ2) is 8.75. The summed E-state index contributed by atoms with van der Waals surface area (Å²) in [6, 6.07) is 16.7. The molecule has 6 nitrogen and oxygen atoms in total. The van der Waals surface area contributed by atoms with Gasteiger partial charge in [-0.2, -0.15) is 5.10 Å². The lowest BCUT2D eigenvalue weighted by atomic mass is 10.1. The number of amides is 1. The first-order chi connectivity index (χ1) is 13.5. The van der Waals surface area contributed by atoms with E-state index >= 15 is 0 Å². The van der Waals surface area contributed by atoms with E-state index in [0.717, 1.165) is 16.5 Å². The molecule has 144 valence electrons. The van der Waals surface area contributed by atoms with Crippen molar-refractivity contribution in [2.45, 2.75) is 13.0 Å². The molecule has 0 bridgehead atoms. The zero-order chi connectivity index (χ0) is 20.1. The number of rotatable bonds is 6. The molecule has 0 saturated carbocycles. The van der Waals surface area contributed by atoms with Crippen molar-refractivity contribution in [1.29, 1.82) is 0 Å². The molecule has 1 amide bonds. The van der Waals surface area contributed by atoms with E-state index in [1.807, 2.05) is 42.5 Å². The van der Waals surface area contributed by atoms with Gasteiger partial charge >= 0.3 is 0 Å². The molecule has 0 aliphatic carbocycles. The third-order valence-electron chi connectivity index (χ3n) is 4.21. The summed E-state index contributed by atoms with van der Waals surface area (Å²) in [6.45, 7) is 1.77. The Morgan fingerprint density at radius 1 is 1.21 bits per heavy atom. The van der Waals surface area contributed by atoms with Crippen LogP contribution in [0.4, 0.5) is 5.69 Å². The summed E-state index contributed by atoms with van der Waals surface area (Å²) in [4.78, 5) is 12.4. The summed E-state index contributed by atoms with van der Waals surface area (Å²) in [5, 5.41) is 19.2. The highest BCUT2D eigenvalue weighted by Gasteiger charge is 2.13. The molecule has 3 aromatic carbocycles. The largest absolute Gasteiger partial charge is 0.503 e. The Bertz CT molecular complexity index is 1030. The lowest BCUT2D eigenvalue weighted by molar-refractivity contribution is -0.121. The lowest BCUT2D eigenvalue weighted by Crippen LogP contribution is -2.34. The number of benzene rings is 3. The van der Waals surface area contributed by atoms with Crippen LogP contribution < -0.4 is 15.5 Å². The molecule has 7 heteroatoms. The van der Waals surface area contributed by atoms with E-state index in [4.69, 9.17) is 4.74 Å². The summed E-state index contributed by atoms with van der Waals surface area (Å²) in [6.07, 6.45) is 1.48.